The molecule has 0 bridgehead atoms. The van der Waals surface area contributed by atoms with Crippen molar-refractivity contribution in [2.75, 3.05) is 20.2 Å². The van der Waals surface area contributed by atoms with E-state index in [1.165, 1.54) is 6.07 Å². The third kappa shape index (κ3) is 3.30. The van der Waals surface area contributed by atoms with Crippen LogP contribution in [0.3, 0.4) is 0 Å². The molecule has 0 saturated carbocycles. The number of hydrogen-bond acceptors (Lipinski definition) is 4. The van der Waals surface area contributed by atoms with Crippen molar-refractivity contribution in [2.45, 2.75) is 25.3 Å². The number of nitrogens with one attached hydrogen (secondary N) is 1. The molecule has 4 rings (SSSR count). The molecule has 2 aliphatic heterocycles. The summed E-state index contributed by atoms with van der Waals surface area (Å²) in [6, 6.07) is 8.99. The summed E-state index contributed by atoms with van der Waals surface area (Å²) in [4.78, 5) is 18.1. The Kier molecular flexibility index (Phi) is 4.88. The molecular weight excluding hydrogens is 378 g/mol. The molecule has 1 saturated heterocycles. The Labute approximate surface area is 167 Å². The average molecular weight is 400 g/mol. The summed E-state index contributed by atoms with van der Waals surface area (Å²) >= 11 is 0. The van der Waals surface area contributed by atoms with Crippen LogP contribution in [0.25, 0.3) is 16.7 Å². The van der Waals surface area contributed by atoms with E-state index in [1.807, 2.05) is 6.92 Å². The van der Waals surface area contributed by atoms with Gasteiger partial charge in [-0.1, -0.05) is 18.2 Å². The molecule has 1 spiro atoms. The second-order valence-corrected chi connectivity index (χ2v) is 7.53. The SMILES string of the molecule is CON1CCC2(CC1)NC(=O)C(c1cc(-c3ccc(F)c(F)c3)ccc1C)=C2O. The van der Waals surface area contributed by atoms with Gasteiger partial charge in [-0.05, 0) is 60.2 Å². The van der Waals surface area contributed by atoms with Crippen LogP contribution in [0, 0.1) is 18.6 Å². The number of carbonyl (C=O) groups is 1. The van der Waals surface area contributed by atoms with E-state index in [1.54, 1.807) is 30.4 Å². The van der Waals surface area contributed by atoms with Gasteiger partial charge in [-0.25, -0.2) is 8.78 Å². The van der Waals surface area contributed by atoms with Crippen molar-refractivity contribution >= 4 is 11.5 Å². The number of nitrogens with zero attached hydrogens (tertiary/aromatic N) is 1. The standard InChI is InChI=1S/C22H22F2N2O3/c1-13-3-4-14(15-5-6-17(23)18(24)12-15)11-16(13)19-20(27)22(25-21(19)28)7-9-26(29-2)10-8-22/h3-6,11-12,27H,7-10H2,1-2H3,(H,25,28). The highest BCUT2D eigenvalue weighted by Crippen LogP contribution is 2.40. The van der Waals surface area contributed by atoms with Crippen molar-refractivity contribution in [3.63, 3.8) is 0 Å². The van der Waals surface area contributed by atoms with Gasteiger partial charge in [0, 0.05) is 13.1 Å². The number of aryl methyl sites for hydroxylation is 1. The van der Waals surface area contributed by atoms with Gasteiger partial charge < -0.3 is 15.3 Å². The lowest BCUT2D eigenvalue weighted by Gasteiger charge is -2.37. The second kappa shape index (κ2) is 7.24. The van der Waals surface area contributed by atoms with Gasteiger partial charge in [0.1, 0.15) is 11.3 Å². The van der Waals surface area contributed by atoms with E-state index in [9.17, 15) is 18.7 Å². The first-order chi connectivity index (χ1) is 13.8. The summed E-state index contributed by atoms with van der Waals surface area (Å²) in [7, 11) is 1.60. The molecule has 0 aromatic heterocycles. The zero-order valence-electron chi connectivity index (χ0n) is 16.3. The predicted octanol–water partition coefficient (Wildman–Crippen LogP) is 3.74. The molecule has 2 aromatic carbocycles. The summed E-state index contributed by atoms with van der Waals surface area (Å²) in [5.74, 6) is -2.15. The third-order valence-electron chi connectivity index (χ3n) is 5.86. The van der Waals surface area contributed by atoms with Crippen molar-refractivity contribution in [1.29, 1.82) is 0 Å². The maximum Gasteiger partial charge on any atom is 0.256 e. The normalized spacial score (nSPS) is 19.1. The minimum atomic E-state index is -0.936. The highest BCUT2D eigenvalue weighted by atomic mass is 19.2. The van der Waals surface area contributed by atoms with Crippen molar-refractivity contribution < 1.29 is 23.5 Å². The Morgan fingerprint density at radius 3 is 2.38 bits per heavy atom. The van der Waals surface area contributed by atoms with E-state index < -0.39 is 17.2 Å². The summed E-state index contributed by atoms with van der Waals surface area (Å²) < 4.78 is 26.9. The molecule has 2 aromatic rings. The number of aliphatic hydroxyl groups excluding tert-OH is 1. The Hall–Kier alpha value is -2.77. The van der Waals surface area contributed by atoms with E-state index >= 15 is 0 Å². The van der Waals surface area contributed by atoms with E-state index in [-0.39, 0.29) is 17.2 Å². The Balaban J connectivity index is 1.75. The number of benzene rings is 2. The fourth-order valence-electron chi connectivity index (χ4n) is 4.09. The number of rotatable bonds is 3. The molecule has 0 atom stereocenters. The van der Waals surface area contributed by atoms with E-state index in [0.717, 1.165) is 17.7 Å². The Morgan fingerprint density at radius 2 is 1.72 bits per heavy atom. The van der Waals surface area contributed by atoms with Crippen molar-refractivity contribution in [3.05, 3.63) is 64.9 Å². The molecule has 0 aliphatic carbocycles. The summed E-state index contributed by atoms with van der Waals surface area (Å²) in [5, 5.41) is 15.8. The van der Waals surface area contributed by atoms with Gasteiger partial charge in [0.25, 0.3) is 5.91 Å². The summed E-state index contributed by atoms with van der Waals surface area (Å²) in [6.45, 7) is 3.01. The van der Waals surface area contributed by atoms with Crippen LogP contribution in [0.15, 0.2) is 42.2 Å². The Morgan fingerprint density at radius 1 is 1.07 bits per heavy atom. The first-order valence-electron chi connectivity index (χ1n) is 9.46. The molecule has 152 valence electrons. The highest BCUT2D eigenvalue weighted by molar-refractivity contribution is 6.23. The van der Waals surface area contributed by atoms with Crippen LogP contribution in [-0.2, 0) is 9.63 Å². The molecule has 0 radical (unpaired) electrons. The number of piperidine rings is 1. The van der Waals surface area contributed by atoms with Crippen LogP contribution in [0.2, 0.25) is 0 Å². The lowest BCUT2D eigenvalue weighted by molar-refractivity contribution is -0.152. The number of carbonyl (C=O) groups excluding carboxylic acids is 1. The largest absolute Gasteiger partial charge is 0.509 e. The van der Waals surface area contributed by atoms with Gasteiger partial charge in [0.15, 0.2) is 11.6 Å². The minimum absolute atomic E-state index is 0.0313. The van der Waals surface area contributed by atoms with Gasteiger partial charge in [0.2, 0.25) is 0 Å². The van der Waals surface area contributed by atoms with Gasteiger partial charge in [-0.3, -0.25) is 4.79 Å². The molecule has 5 nitrogen and oxygen atoms in total. The number of hydrogen-bond donors (Lipinski definition) is 2. The van der Waals surface area contributed by atoms with Crippen molar-refractivity contribution in [1.82, 2.24) is 10.4 Å². The lowest BCUT2D eigenvalue weighted by Crippen LogP contribution is -2.52. The average Bonchev–Trinajstić information content (AvgIpc) is 2.95. The molecule has 1 fully saturated rings. The summed E-state index contributed by atoms with van der Waals surface area (Å²) in [6.07, 6.45) is 1.06. The van der Waals surface area contributed by atoms with Crippen molar-refractivity contribution in [3.8, 4) is 11.1 Å². The fourth-order valence-corrected chi connectivity index (χ4v) is 4.09. The summed E-state index contributed by atoms with van der Waals surface area (Å²) in [5.41, 5.74) is 1.94. The number of amides is 1. The van der Waals surface area contributed by atoms with Crippen LogP contribution >= 0.6 is 0 Å². The number of aliphatic hydroxyl groups is 1. The maximum absolute atomic E-state index is 13.7. The number of halogens is 2. The van der Waals surface area contributed by atoms with Crippen LogP contribution in [-0.4, -0.2) is 41.8 Å². The minimum Gasteiger partial charge on any atom is -0.509 e. The predicted molar refractivity (Wildman–Crippen MR) is 105 cm³/mol. The van der Waals surface area contributed by atoms with Crippen LogP contribution in [0.4, 0.5) is 8.78 Å². The molecule has 1 amide bonds. The molecule has 2 aliphatic rings. The van der Waals surface area contributed by atoms with Crippen molar-refractivity contribution in [2.24, 2.45) is 0 Å². The van der Waals surface area contributed by atoms with Gasteiger partial charge >= 0.3 is 0 Å². The second-order valence-electron chi connectivity index (χ2n) is 7.53. The molecule has 29 heavy (non-hydrogen) atoms. The molecular formula is C22H22F2N2O3. The molecule has 0 unspecified atom stereocenters. The van der Waals surface area contributed by atoms with E-state index in [2.05, 4.69) is 5.32 Å². The molecule has 2 N–H and O–H groups in total. The zero-order chi connectivity index (χ0) is 20.8. The maximum atomic E-state index is 13.7. The first kappa shape index (κ1) is 19.5. The smallest absolute Gasteiger partial charge is 0.256 e. The molecule has 2 heterocycles. The number of hydroxylamine groups is 2. The highest BCUT2D eigenvalue weighted by Gasteiger charge is 2.48. The quantitative estimate of drug-likeness (QED) is 0.824. The molecule has 7 heteroatoms. The Bertz CT molecular complexity index is 1010. The van der Waals surface area contributed by atoms with Gasteiger partial charge in [-0.2, -0.15) is 5.06 Å². The van der Waals surface area contributed by atoms with Crippen LogP contribution < -0.4 is 5.32 Å². The monoisotopic (exact) mass is 400 g/mol. The topological polar surface area (TPSA) is 61.8 Å². The third-order valence-corrected chi connectivity index (χ3v) is 5.86. The first-order valence-corrected chi connectivity index (χ1v) is 9.46. The van der Waals surface area contributed by atoms with E-state index in [0.29, 0.717) is 42.6 Å². The fraction of sp³-hybridized carbons (Fsp3) is 0.318. The van der Waals surface area contributed by atoms with Gasteiger partial charge in [-0.15, -0.1) is 0 Å². The van der Waals surface area contributed by atoms with Crippen LogP contribution in [0.5, 0.6) is 0 Å². The van der Waals surface area contributed by atoms with E-state index in [4.69, 9.17) is 4.84 Å². The van der Waals surface area contributed by atoms with Gasteiger partial charge in [0.05, 0.1) is 12.7 Å². The lowest BCUT2D eigenvalue weighted by atomic mass is 9.85. The van der Waals surface area contributed by atoms with Crippen LogP contribution in [0.1, 0.15) is 24.0 Å². The zero-order valence-corrected chi connectivity index (χ0v) is 16.3.